The van der Waals surface area contributed by atoms with Crippen molar-refractivity contribution in [3.05, 3.63) is 83.4 Å². The number of amides is 2. The lowest BCUT2D eigenvalue weighted by molar-refractivity contribution is -0.139. The Hall–Kier alpha value is -3.97. The lowest BCUT2D eigenvalue weighted by Gasteiger charge is -2.34. The van der Waals surface area contributed by atoms with E-state index in [2.05, 4.69) is 10.6 Å². The SMILES string of the molecule is Cc1cccc(NC(=O)Nc2ccc(-c3ccc4c(c3)CCC(CO)(CC(=O)O)C4=O)cc2)c1. The van der Waals surface area contributed by atoms with Crippen LogP contribution in [0.3, 0.4) is 0 Å². The van der Waals surface area contributed by atoms with Gasteiger partial charge in [0.25, 0.3) is 0 Å². The molecule has 0 saturated carbocycles. The second-order valence-corrected chi connectivity index (χ2v) is 8.74. The summed E-state index contributed by atoms with van der Waals surface area (Å²) < 4.78 is 0. The molecule has 0 bridgehead atoms. The van der Waals surface area contributed by atoms with E-state index in [1.54, 1.807) is 18.2 Å². The smallest absolute Gasteiger partial charge is 0.323 e. The fourth-order valence-corrected chi connectivity index (χ4v) is 4.40. The van der Waals surface area contributed by atoms with E-state index in [0.29, 0.717) is 29.8 Å². The molecule has 0 heterocycles. The largest absolute Gasteiger partial charge is 0.481 e. The zero-order chi connectivity index (χ0) is 24.3. The molecule has 1 aliphatic carbocycles. The number of carbonyl (C=O) groups is 3. The van der Waals surface area contributed by atoms with Crippen LogP contribution in [0.4, 0.5) is 16.2 Å². The van der Waals surface area contributed by atoms with Crippen LogP contribution in [0.25, 0.3) is 11.1 Å². The molecule has 4 rings (SSSR count). The Balaban J connectivity index is 1.47. The average molecular weight is 459 g/mol. The number of ketones is 1. The lowest BCUT2D eigenvalue weighted by atomic mass is 9.68. The molecule has 0 fully saturated rings. The quantitative estimate of drug-likeness (QED) is 0.420. The maximum atomic E-state index is 13.0. The summed E-state index contributed by atoms with van der Waals surface area (Å²) in [5.74, 6) is -1.41. The Labute approximate surface area is 197 Å². The monoisotopic (exact) mass is 458 g/mol. The molecule has 7 heteroatoms. The van der Waals surface area contributed by atoms with Gasteiger partial charge in [-0.3, -0.25) is 9.59 Å². The number of aliphatic carboxylic acids is 1. The van der Waals surface area contributed by atoms with Crippen LogP contribution in [0.2, 0.25) is 0 Å². The molecule has 0 aromatic heterocycles. The highest BCUT2D eigenvalue weighted by atomic mass is 16.4. The fraction of sp³-hybridized carbons (Fsp3) is 0.222. The number of aliphatic hydroxyl groups excluding tert-OH is 1. The summed E-state index contributed by atoms with van der Waals surface area (Å²) in [5.41, 5.74) is 4.30. The number of carboxylic acids is 1. The number of aryl methyl sites for hydroxylation is 2. The summed E-state index contributed by atoms with van der Waals surface area (Å²) in [6.45, 7) is 1.47. The lowest BCUT2D eigenvalue weighted by Crippen LogP contribution is -2.41. The second kappa shape index (κ2) is 9.49. The highest BCUT2D eigenvalue weighted by molar-refractivity contribution is 6.05. The standard InChI is InChI=1S/C27H26N2O5/c1-17-3-2-4-22(13-17)29-26(34)28-21-8-5-18(6-9-21)19-7-10-23-20(14-19)11-12-27(16-30,25(23)33)15-24(31)32/h2-10,13-14,30H,11-12,15-16H2,1H3,(H,31,32)(H2,28,29,34). The van der Waals surface area contributed by atoms with Gasteiger partial charge in [0.1, 0.15) is 0 Å². The first-order valence-electron chi connectivity index (χ1n) is 11.1. The van der Waals surface area contributed by atoms with Crippen molar-refractivity contribution in [3.63, 3.8) is 0 Å². The minimum Gasteiger partial charge on any atom is -0.481 e. The number of hydrogen-bond donors (Lipinski definition) is 4. The Bertz CT molecular complexity index is 1250. The Morgan fingerprint density at radius 3 is 2.32 bits per heavy atom. The van der Waals surface area contributed by atoms with Crippen molar-refractivity contribution in [3.8, 4) is 11.1 Å². The number of carboxylic acid groups (broad SMARTS) is 1. The summed E-state index contributed by atoms with van der Waals surface area (Å²) in [6, 6.07) is 20.0. The van der Waals surface area contributed by atoms with Gasteiger partial charge in [-0.05, 0) is 66.3 Å². The molecule has 3 aromatic carbocycles. The number of aliphatic hydroxyl groups is 1. The molecule has 174 valence electrons. The summed E-state index contributed by atoms with van der Waals surface area (Å²) in [7, 11) is 0. The number of rotatable bonds is 6. The molecule has 1 atom stereocenters. The van der Waals surface area contributed by atoms with Crippen molar-refractivity contribution in [2.45, 2.75) is 26.2 Å². The van der Waals surface area contributed by atoms with Crippen LogP contribution in [0.15, 0.2) is 66.7 Å². The van der Waals surface area contributed by atoms with Crippen molar-refractivity contribution < 1.29 is 24.6 Å². The van der Waals surface area contributed by atoms with E-state index in [1.165, 1.54) is 0 Å². The van der Waals surface area contributed by atoms with Crippen LogP contribution < -0.4 is 10.6 Å². The molecule has 0 aliphatic heterocycles. The van der Waals surface area contributed by atoms with Crippen molar-refractivity contribution >= 4 is 29.2 Å². The van der Waals surface area contributed by atoms with Crippen LogP contribution in [-0.4, -0.2) is 34.6 Å². The van der Waals surface area contributed by atoms with Crippen molar-refractivity contribution in [1.29, 1.82) is 0 Å². The molecule has 0 saturated heterocycles. The summed E-state index contributed by atoms with van der Waals surface area (Å²) in [5, 5.41) is 24.6. The molecule has 34 heavy (non-hydrogen) atoms. The summed E-state index contributed by atoms with van der Waals surface area (Å²) in [4.78, 5) is 36.5. The van der Waals surface area contributed by atoms with Gasteiger partial charge < -0.3 is 20.8 Å². The molecule has 3 aromatic rings. The maximum absolute atomic E-state index is 13.0. The molecule has 4 N–H and O–H groups in total. The number of carbonyl (C=O) groups excluding carboxylic acids is 2. The van der Waals surface area contributed by atoms with E-state index in [4.69, 9.17) is 0 Å². The molecule has 0 spiro atoms. The summed E-state index contributed by atoms with van der Waals surface area (Å²) >= 11 is 0. The minimum atomic E-state index is -1.26. The Morgan fingerprint density at radius 1 is 0.941 bits per heavy atom. The zero-order valence-electron chi connectivity index (χ0n) is 18.8. The maximum Gasteiger partial charge on any atom is 0.323 e. The topological polar surface area (TPSA) is 116 Å². The highest BCUT2D eigenvalue weighted by Crippen LogP contribution is 2.39. The van der Waals surface area contributed by atoms with Gasteiger partial charge in [0.05, 0.1) is 18.4 Å². The Morgan fingerprint density at radius 2 is 1.65 bits per heavy atom. The van der Waals surface area contributed by atoms with Crippen LogP contribution in [0.5, 0.6) is 0 Å². The van der Waals surface area contributed by atoms with E-state index < -0.39 is 18.0 Å². The predicted molar refractivity (Wildman–Crippen MR) is 130 cm³/mol. The second-order valence-electron chi connectivity index (χ2n) is 8.74. The van der Waals surface area contributed by atoms with Gasteiger partial charge >= 0.3 is 12.0 Å². The number of fused-ring (bicyclic) bond motifs is 1. The van der Waals surface area contributed by atoms with Gasteiger partial charge in [0.15, 0.2) is 5.78 Å². The van der Waals surface area contributed by atoms with E-state index in [-0.39, 0.29) is 18.2 Å². The van der Waals surface area contributed by atoms with Crippen LogP contribution in [0.1, 0.15) is 34.3 Å². The van der Waals surface area contributed by atoms with Crippen LogP contribution >= 0.6 is 0 Å². The predicted octanol–water partition coefficient (Wildman–Crippen LogP) is 4.89. The van der Waals surface area contributed by atoms with Crippen molar-refractivity contribution in [2.75, 3.05) is 17.2 Å². The molecule has 1 aliphatic rings. The van der Waals surface area contributed by atoms with E-state index in [0.717, 1.165) is 22.3 Å². The number of nitrogens with one attached hydrogen (secondary N) is 2. The number of benzene rings is 3. The third-order valence-corrected chi connectivity index (χ3v) is 6.25. The van der Waals surface area contributed by atoms with Crippen LogP contribution in [-0.2, 0) is 11.2 Å². The first kappa shape index (κ1) is 23.2. The third-order valence-electron chi connectivity index (χ3n) is 6.25. The number of urea groups is 1. The van der Waals surface area contributed by atoms with Gasteiger partial charge in [-0.15, -0.1) is 0 Å². The number of hydrogen-bond acceptors (Lipinski definition) is 4. The molecular formula is C27H26N2O5. The zero-order valence-corrected chi connectivity index (χ0v) is 18.8. The number of anilines is 2. The fourth-order valence-electron chi connectivity index (χ4n) is 4.40. The summed E-state index contributed by atoms with van der Waals surface area (Å²) in [6.07, 6.45) is 0.432. The highest BCUT2D eigenvalue weighted by Gasteiger charge is 2.43. The third kappa shape index (κ3) is 4.84. The van der Waals surface area contributed by atoms with E-state index >= 15 is 0 Å². The molecule has 0 radical (unpaired) electrons. The van der Waals surface area contributed by atoms with Gasteiger partial charge in [0.2, 0.25) is 0 Å². The van der Waals surface area contributed by atoms with Gasteiger partial charge in [-0.2, -0.15) is 0 Å². The normalized spacial score (nSPS) is 17.1. The first-order valence-corrected chi connectivity index (χ1v) is 11.1. The number of Topliss-reactive ketones (excluding diaryl/α,β-unsaturated/α-hetero) is 1. The van der Waals surface area contributed by atoms with Gasteiger partial charge in [-0.25, -0.2) is 4.79 Å². The van der Waals surface area contributed by atoms with Crippen LogP contribution in [0, 0.1) is 12.3 Å². The van der Waals surface area contributed by atoms with Crippen molar-refractivity contribution in [1.82, 2.24) is 0 Å². The van der Waals surface area contributed by atoms with Gasteiger partial charge in [0, 0.05) is 16.9 Å². The minimum absolute atomic E-state index is 0.296. The van der Waals surface area contributed by atoms with Crippen molar-refractivity contribution in [2.24, 2.45) is 5.41 Å². The Kier molecular flexibility index (Phi) is 6.47. The molecule has 7 nitrogen and oxygen atoms in total. The average Bonchev–Trinajstić information content (AvgIpc) is 2.81. The van der Waals surface area contributed by atoms with E-state index in [9.17, 15) is 24.6 Å². The van der Waals surface area contributed by atoms with E-state index in [1.807, 2.05) is 55.5 Å². The molecular weight excluding hydrogens is 432 g/mol. The van der Waals surface area contributed by atoms with Gasteiger partial charge in [-0.1, -0.05) is 42.5 Å². The first-order chi connectivity index (χ1) is 16.3. The molecule has 2 amide bonds. The molecule has 1 unspecified atom stereocenters.